The third-order valence-corrected chi connectivity index (χ3v) is 3.34. The smallest absolute Gasteiger partial charge is 0.240 e. The molecule has 2 amide bonds. The first-order valence-corrected chi connectivity index (χ1v) is 6.12. The minimum absolute atomic E-state index is 0.216. The van der Waals surface area contributed by atoms with E-state index < -0.39 is 0 Å². The molecule has 0 aliphatic carbocycles. The van der Waals surface area contributed by atoms with Gasteiger partial charge in [0, 0.05) is 18.8 Å². The number of anilines is 1. The number of nitrogens with one attached hydrogen (secondary N) is 2. The zero-order valence-electron chi connectivity index (χ0n) is 10.0. The SMILES string of the molecule is O=C1CN(Cc2cccc3c2NCC3)CC(=O)N1. The summed E-state index contributed by atoms with van der Waals surface area (Å²) in [4.78, 5) is 24.5. The van der Waals surface area contributed by atoms with E-state index in [1.165, 1.54) is 11.3 Å². The summed E-state index contributed by atoms with van der Waals surface area (Å²) in [6, 6.07) is 6.20. The number of benzene rings is 1. The van der Waals surface area contributed by atoms with Gasteiger partial charge in [0.25, 0.3) is 0 Å². The molecule has 2 heterocycles. The Hall–Kier alpha value is -1.88. The number of amides is 2. The van der Waals surface area contributed by atoms with Gasteiger partial charge in [0.1, 0.15) is 0 Å². The first-order chi connectivity index (χ1) is 8.72. The number of hydrogen-bond acceptors (Lipinski definition) is 4. The van der Waals surface area contributed by atoms with Crippen LogP contribution in [-0.4, -0.2) is 36.3 Å². The van der Waals surface area contributed by atoms with E-state index in [0.29, 0.717) is 6.54 Å². The number of carbonyl (C=O) groups is 2. The lowest BCUT2D eigenvalue weighted by Gasteiger charge is -2.26. The van der Waals surface area contributed by atoms with Crippen molar-refractivity contribution in [2.45, 2.75) is 13.0 Å². The molecule has 2 N–H and O–H groups in total. The molecule has 0 bridgehead atoms. The number of hydrogen-bond donors (Lipinski definition) is 2. The molecule has 0 spiro atoms. The zero-order valence-corrected chi connectivity index (χ0v) is 10.0. The van der Waals surface area contributed by atoms with Gasteiger partial charge in [-0.2, -0.15) is 0 Å². The van der Waals surface area contributed by atoms with Gasteiger partial charge in [0.2, 0.25) is 11.8 Å². The van der Waals surface area contributed by atoms with E-state index in [1.807, 2.05) is 17.0 Å². The van der Waals surface area contributed by atoms with E-state index in [4.69, 9.17) is 0 Å². The van der Waals surface area contributed by atoms with Crippen LogP contribution < -0.4 is 10.6 Å². The predicted molar refractivity (Wildman–Crippen MR) is 67.1 cm³/mol. The van der Waals surface area contributed by atoms with Crippen molar-refractivity contribution in [1.29, 1.82) is 0 Å². The molecule has 2 aliphatic heterocycles. The Bertz CT molecular complexity index is 497. The first-order valence-electron chi connectivity index (χ1n) is 6.12. The summed E-state index contributed by atoms with van der Waals surface area (Å²) >= 11 is 0. The van der Waals surface area contributed by atoms with Gasteiger partial charge in [0.15, 0.2) is 0 Å². The van der Waals surface area contributed by atoms with Gasteiger partial charge in [-0.05, 0) is 17.5 Å². The third kappa shape index (κ3) is 2.09. The van der Waals surface area contributed by atoms with Crippen LogP contribution in [0.2, 0.25) is 0 Å². The Morgan fingerprint density at radius 2 is 1.94 bits per heavy atom. The van der Waals surface area contributed by atoms with Crippen LogP contribution in [0, 0.1) is 0 Å². The van der Waals surface area contributed by atoms with Crippen molar-refractivity contribution in [3.05, 3.63) is 29.3 Å². The second-order valence-electron chi connectivity index (χ2n) is 4.74. The van der Waals surface area contributed by atoms with Crippen LogP contribution in [0.3, 0.4) is 0 Å². The highest BCUT2D eigenvalue weighted by atomic mass is 16.2. The number of rotatable bonds is 2. The van der Waals surface area contributed by atoms with Crippen LogP contribution in [0.5, 0.6) is 0 Å². The van der Waals surface area contributed by atoms with Gasteiger partial charge in [-0.25, -0.2) is 0 Å². The summed E-state index contributed by atoms with van der Waals surface area (Å²) in [6.07, 6.45) is 1.04. The molecule has 0 radical (unpaired) electrons. The molecule has 18 heavy (non-hydrogen) atoms. The van der Waals surface area contributed by atoms with Crippen LogP contribution in [0.25, 0.3) is 0 Å². The molecule has 0 unspecified atom stereocenters. The maximum absolute atomic E-state index is 11.3. The van der Waals surface area contributed by atoms with Crippen molar-refractivity contribution in [3.8, 4) is 0 Å². The van der Waals surface area contributed by atoms with Crippen LogP contribution in [0.15, 0.2) is 18.2 Å². The first kappa shape index (κ1) is 11.2. The number of fused-ring (bicyclic) bond motifs is 1. The average molecular weight is 245 g/mol. The summed E-state index contributed by atoms with van der Waals surface area (Å²) in [5.41, 5.74) is 3.66. The van der Waals surface area contributed by atoms with Crippen LogP contribution in [0.1, 0.15) is 11.1 Å². The summed E-state index contributed by atoms with van der Waals surface area (Å²) in [5.74, 6) is -0.432. The molecule has 5 nitrogen and oxygen atoms in total. The Morgan fingerprint density at radius 3 is 2.72 bits per heavy atom. The zero-order chi connectivity index (χ0) is 12.5. The number of piperazine rings is 1. The quantitative estimate of drug-likeness (QED) is 0.726. The molecule has 5 heteroatoms. The van der Waals surface area contributed by atoms with Crippen LogP contribution in [-0.2, 0) is 22.6 Å². The lowest BCUT2D eigenvalue weighted by molar-refractivity contribution is -0.136. The van der Waals surface area contributed by atoms with Crippen molar-refractivity contribution in [2.24, 2.45) is 0 Å². The van der Waals surface area contributed by atoms with Crippen molar-refractivity contribution in [2.75, 3.05) is 25.0 Å². The standard InChI is InChI=1S/C13H15N3O2/c17-11-7-16(8-12(18)15-11)6-10-3-1-2-9-4-5-14-13(9)10/h1-3,14H,4-8H2,(H,15,17,18). The van der Waals surface area contributed by atoms with Gasteiger partial charge < -0.3 is 5.32 Å². The lowest BCUT2D eigenvalue weighted by atomic mass is 10.1. The largest absolute Gasteiger partial charge is 0.384 e. The average Bonchev–Trinajstić information content (AvgIpc) is 2.76. The van der Waals surface area contributed by atoms with Gasteiger partial charge in [-0.3, -0.25) is 19.8 Å². The highest BCUT2D eigenvalue weighted by molar-refractivity contribution is 5.99. The second-order valence-corrected chi connectivity index (χ2v) is 4.74. The molecule has 1 fully saturated rings. The molecule has 2 aliphatic rings. The highest BCUT2D eigenvalue weighted by Crippen LogP contribution is 2.27. The van der Waals surface area contributed by atoms with E-state index in [1.54, 1.807) is 0 Å². The highest BCUT2D eigenvalue weighted by Gasteiger charge is 2.24. The van der Waals surface area contributed by atoms with Crippen molar-refractivity contribution < 1.29 is 9.59 Å². The van der Waals surface area contributed by atoms with E-state index >= 15 is 0 Å². The van der Waals surface area contributed by atoms with Gasteiger partial charge in [0.05, 0.1) is 13.1 Å². The van der Waals surface area contributed by atoms with Crippen LogP contribution in [0.4, 0.5) is 5.69 Å². The van der Waals surface area contributed by atoms with E-state index in [0.717, 1.165) is 18.5 Å². The second kappa shape index (κ2) is 4.42. The van der Waals surface area contributed by atoms with Gasteiger partial charge >= 0.3 is 0 Å². The van der Waals surface area contributed by atoms with Crippen LogP contribution >= 0.6 is 0 Å². The Balaban J connectivity index is 1.79. The fourth-order valence-corrected chi connectivity index (χ4v) is 2.59. The Morgan fingerprint density at radius 1 is 1.17 bits per heavy atom. The molecular formula is C13H15N3O2. The monoisotopic (exact) mass is 245 g/mol. The maximum Gasteiger partial charge on any atom is 0.240 e. The third-order valence-electron chi connectivity index (χ3n) is 3.34. The predicted octanol–water partition coefficient (Wildman–Crippen LogP) is 0.113. The molecule has 3 rings (SSSR count). The van der Waals surface area contributed by atoms with E-state index in [2.05, 4.69) is 16.7 Å². The fraction of sp³-hybridized carbons (Fsp3) is 0.385. The summed E-state index contributed by atoms with van der Waals surface area (Å²) in [5, 5.41) is 5.68. The summed E-state index contributed by atoms with van der Waals surface area (Å²) in [7, 11) is 0. The molecule has 0 atom stereocenters. The fourth-order valence-electron chi connectivity index (χ4n) is 2.59. The number of para-hydroxylation sites is 1. The molecule has 94 valence electrons. The molecule has 1 saturated heterocycles. The Labute approximate surface area is 105 Å². The summed E-state index contributed by atoms with van der Waals surface area (Å²) < 4.78 is 0. The molecule has 1 aromatic rings. The lowest BCUT2D eigenvalue weighted by Crippen LogP contribution is -2.50. The van der Waals surface area contributed by atoms with E-state index in [-0.39, 0.29) is 24.9 Å². The maximum atomic E-state index is 11.3. The van der Waals surface area contributed by atoms with Crippen molar-refractivity contribution in [3.63, 3.8) is 0 Å². The molecule has 0 aromatic heterocycles. The van der Waals surface area contributed by atoms with Crippen molar-refractivity contribution in [1.82, 2.24) is 10.2 Å². The van der Waals surface area contributed by atoms with Gasteiger partial charge in [-0.15, -0.1) is 0 Å². The molecular weight excluding hydrogens is 230 g/mol. The minimum Gasteiger partial charge on any atom is -0.384 e. The van der Waals surface area contributed by atoms with Crippen molar-refractivity contribution >= 4 is 17.5 Å². The molecule has 1 aromatic carbocycles. The number of carbonyl (C=O) groups excluding carboxylic acids is 2. The topological polar surface area (TPSA) is 61.4 Å². The Kier molecular flexibility index (Phi) is 2.76. The molecule has 0 saturated carbocycles. The summed E-state index contributed by atoms with van der Waals surface area (Å²) in [6.45, 7) is 2.17. The minimum atomic E-state index is -0.216. The normalized spacial score (nSPS) is 19.3. The number of imide groups is 1. The van der Waals surface area contributed by atoms with Gasteiger partial charge in [-0.1, -0.05) is 18.2 Å². The number of nitrogens with zero attached hydrogens (tertiary/aromatic N) is 1. The van der Waals surface area contributed by atoms with E-state index in [9.17, 15) is 9.59 Å².